The minimum absolute atomic E-state index is 0.306. The Labute approximate surface area is 138 Å². The number of carbonyl (C=O) groups excluding carboxylic acids is 1. The maximum Gasteiger partial charge on any atom is 0.407 e. The maximum absolute atomic E-state index is 11.8. The first-order chi connectivity index (χ1) is 10.7. The number of hydrogen-bond acceptors (Lipinski definition) is 2. The topological polar surface area (TPSA) is 38.3 Å². The molecule has 1 unspecified atom stereocenters. The molecule has 3 nitrogen and oxygen atoms in total. The van der Waals surface area contributed by atoms with Gasteiger partial charge in [0.05, 0.1) is 0 Å². The molecule has 0 bridgehead atoms. The van der Waals surface area contributed by atoms with E-state index in [4.69, 9.17) is 4.74 Å². The van der Waals surface area contributed by atoms with E-state index in [0.29, 0.717) is 19.1 Å². The molecule has 0 saturated carbocycles. The van der Waals surface area contributed by atoms with Gasteiger partial charge in [-0.05, 0) is 41.7 Å². The lowest BCUT2D eigenvalue weighted by molar-refractivity contribution is 0.139. The Balaban J connectivity index is 1.48. The summed E-state index contributed by atoms with van der Waals surface area (Å²) in [5.74, 6) is 0.382. The number of fused-ring (bicyclic) bond motifs is 1. The van der Waals surface area contributed by atoms with Crippen molar-refractivity contribution in [2.24, 2.45) is 0 Å². The van der Waals surface area contributed by atoms with Gasteiger partial charge in [0.25, 0.3) is 0 Å². The van der Waals surface area contributed by atoms with Gasteiger partial charge >= 0.3 is 6.09 Å². The molecule has 0 spiro atoms. The molecule has 22 heavy (non-hydrogen) atoms. The third-order valence-electron chi connectivity index (χ3n) is 4.01. The number of aryl methyl sites for hydroxylation is 1. The fraction of sp³-hybridized carbons (Fsp3) is 0.278. The van der Waals surface area contributed by atoms with E-state index in [2.05, 4.69) is 39.4 Å². The number of benzene rings is 2. The summed E-state index contributed by atoms with van der Waals surface area (Å²) < 4.78 is 6.35. The van der Waals surface area contributed by atoms with Gasteiger partial charge < -0.3 is 10.1 Å². The largest absolute Gasteiger partial charge is 0.445 e. The highest BCUT2D eigenvalue weighted by atomic mass is 79.9. The molecule has 1 N–H and O–H groups in total. The first-order valence-electron chi connectivity index (χ1n) is 7.45. The van der Waals surface area contributed by atoms with Gasteiger partial charge in [0.15, 0.2) is 0 Å². The Kier molecular flexibility index (Phi) is 4.78. The highest BCUT2D eigenvalue weighted by molar-refractivity contribution is 9.10. The summed E-state index contributed by atoms with van der Waals surface area (Å²) in [6.45, 7) is 0.934. The summed E-state index contributed by atoms with van der Waals surface area (Å²) in [6.07, 6.45) is 1.79. The summed E-state index contributed by atoms with van der Waals surface area (Å²) >= 11 is 3.50. The summed E-state index contributed by atoms with van der Waals surface area (Å²) in [4.78, 5) is 11.8. The Morgan fingerprint density at radius 2 is 2.05 bits per heavy atom. The van der Waals surface area contributed by atoms with Crippen LogP contribution in [-0.2, 0) is 17.8 Å². The summed E-state index contributed by atoms with van der Waals surface area (Å²) in [5, 5.41) is 2.88. The van der Waals surface area contributed by atoms with E-state index in [9.17, 15) is 4.79 Å². The van der Waals surface area contributed by atoms with Crippen LogP contribution in [0.2, 0.25) is 0 Å². The van der Waals surface area contributed by atoms with Gasteiger partial charge in [0.1, 0.15) is 6.61 Å². The molecule has 1 amide bonds. The zero-order valence-electron chi connectivity index (χ0n) is 12.2. The van der Waals surface area contributed by atoms with E-state index in [1.807, 2.05) is 30.3 Å². The molecule has 0 fully saturated rings. The molecule has 114 valence electrons. The van der Waals surface area contributed by atoms with Crippen LogP contribution in [-0.4, -0.2) is 12.6 Å². The fourth-order valence-corrected chi connectivity index (χ4v) is 3.28. The molecule has 3 rings (SSSR count). The van der Waals surface area contributed by atoms with Crippen LogP contribution in [0.4, 0.5) is 4.79 Å². The second-order valence-corrected chi connectivity index (χ2v) is 6.44. The van der Waals surface area contributed by atoms with Gasteiger partial charge in [0, 0.05) is 16.9 Å². The van der Waals surface area contributed by atoms with Crippen molar-refractivity contribution >= 4 is 22.0 Å². The molecule has 1 aliphatic carbocycles. The molecule has 1 atom stereocenters. The van der Waals surface area contributed by atoms with E-state index in [1.165, 1.54) is 11.1 Å². The van der Waals surface area contributed by atoms with Gasteiger partial charge in [-0.15, -0.1) is 0 Å². The van der Waals surface area contributed by atoms with Crippen LogP contribution in [0.15, 0.2) is 53.0 Å². The molecule has 0 aliphatic heterocycles. The average molecular weight is 360 g/mol. The van der Waals surface area contributed by atoms with Crippen molar-refractivity contribution in [1.29, 1.82) is 0 Å². The van der Waals surface area contributed by atoms with E-state index >= 15 is 0 Å². The van der Waals surface area contributed by atoms with Crippen LogP contribution in [0.1, 0.15) is 29.0 Å². The number of hydrogen-bond donors (Lipinski definition) is 1. The van der Waals surface area contributed by atoms with Gasteiger partial charge in [-0.3, -0.25) is 0 Å². The van der Waals surface area contributed by atoms with Crippen LogP contribution in [0, 0.1) is 0 Å². The van der Waals surface area contributed by atoms with E-state index < -0.39 is 0 Å². The Bertz CT molecular complexity index is 657. The average Bonchev–Trinajstić information content (AvgIpc) is 2.94. The number of carbonyl (C=O) groups is 1. The van der Waals surface area contributed by atoms with Crippen LogP contribution < -0.4 is 5.32 Å². The van der Waals surface area contributed by atoms with E-state index in [0.717, 1.165) is 22.9 Å². The van der Waals surface area contributed by atoms with Gasteiger partial charge in [-0.2, -0.15) is 0 Å². The molecular weight excluding hydrogens is 342 g/mol. The van der Waals surface area contributed by atoms with Crippen molar-refractivity contribution < 1.29 is 9.53 Å². The fourth-order valence-electron chi connectivity index (χ4n) is 2.87. The minimum Gasteiger partial charge on any atom is -0.445 e. The van der Waals surface area contributed by atoms with E-state index in [-0.39, 0.29) is 6.09 Å². The highest BCUT2D eigenvalue weighted by Gasteiger charge is 2.23. The Hall–Kier alpha value is -1.81. The van der Waals surface area contributed by atoms with Crippen molar-refractivity contribution in [2.75, 3.05) is 6.54 Å². The van der Waals surface area contributed by atoms with Crippen molar-refractivity contribution in [3.05, 3.63) is 69.7 Å². The van der Waals surface area contributed by atoms with Crippen molar-refractivity contribution in [3.8, 4) is 0 Å². The zero-order valence-corrected chi connectivity index (χ0v) is 13.8. The summed E-state index contributed by atoms with van der Waals surface area (Å²) in [7, 11) is 0. The first kappa shape index (κ1) is 15.1. The Morgan fingerprint density at radius 3 is 2.86 bits per heavy atom. The molecule has 4 heteroatoms. The predicted octanol–water partition coefficient (Wildman–Crippen LogP) is 4.41. The van der Waals surface area contributed by atoms with Crippen LogP contribution in [0.3, 0.4) is 0 Å². The molecule has 0 saturated heterocycles. The minimum atomic E-state index is -0.352. The number of nitrogens with one attached hydrogen (secondary N) is 1. The molecule has 0 radical (unpaired) electrons. The number of ether oxygens (including phenoxy) is 1. The first-order valence-corrected chi connectivity index (χ1v) is 8.24. The molecule has 1 aliphatic rings. The highest BCUT2D eigenvalue weighted by Crippen LogP contribution is 2.34. The molecule has 2 aromatic rings. The number of rotatable bonds is 4. The quantitative estimate of drug-likeness (QED) is 0.877. The Morgan fingerprint density at radius 1 is 1.23 bits per heavy atom. The van der Waals surface area contributed by atoms with Crippen LogP contribution in [0.25, 0.3) is 0 Å². The maximum atomic E-state index is 11.8. The van der Waals surface area contributed by atoms with Crippen LogP contribution in [0.5, 0.6) is 0 Å². The van der Waals surface area contributed by atoms with Crippen molar-refractivity contribution in [3.63, 3.8) is 0 Å². The normalized spacial score (nSPS) is 16.1. The molecule has 0 heterocycles. The van der Waals surface area contributed by atoms with E-state index in [1.54, 1.807) is 0 Å². The third-order valence-corrected chi connectivity index (χ3v) is 4.51. The second kappa shape index (κ2) is 6.97. The van der Waals surface area contributed by atoms with Crippen molar-refractivity contribution in [1.82, 2.24) is 5.32 Å². The lowest BCUT2D eigenvalue weighted by atomic mass is 10.0. The smallest absolute Gasteiger partial charge is 0.407 e. The lowest BCUT2D eigenvalue weighted by Gasteiger charge is -2.13. The predicted molar refractivity (Wildman–Crippen MR) is 89.8 cm³/mol. The van der Waals surface area contributed by atoms with Gasteiger partial charge in [0.2, 0.25) is 0 Å². The number of halogens is 1. The van der Waals surface area contributed by atoms with Crippen LogP contribution >= 0.6 is 15.9 Å². The molecule has 0 aromatic heterocycles. The number of alkyl carbamates (subject to hydrolysis) is 1. The molecule has 2 aromatic carbocycles. The van der Waals surface area contributed by atoms with Gasteiger partial charge in [-0.25, -0.2) is 4.79 Å². The monoisotopic (exact) mass is 359 g/mol. The van der Waals surface area contributed by atoms with Gasteiger partial charge in [-0.1, -0.05) is 52.3 Å². The lowest BCUT2D eigenvalue weighted by Crippen LogP contribution is -2.28. The second-order valence-electron chi connectivity index (χ2n) is 5.52. The third kappa shape index (κ3) is 3.69. The SMILES string of the molecule is O=C(NCC1CCc2cc(Br)ccc21)OCc1ccccc1. The molecular formula is C18H18BrNO2. The summed E-state index contributed by atoms with van der Waals surface area (Å²) in [6, 6.07) is 16.1. The standard InChI is InChI=1S/C18H18BrNO2/c19-16-8-9-17-14(10-16)6-7-15(17)11-20-18(21)22-12-13-4-2-1-3-5-13/h1-5,8-10,15H,6-7,11-12H2,(H,20,21). The number of amides is 1. The zero-order chi connectivity index (χ0) is 15.4. The van der Waals surface area contributed by atoms with Crippen molar-refractivity contribution in [2.45, 2.75) is 25.4 Å². The summed E-state index contributed by atoms with van der Waals surface area (Å²) in [5.41, 5.74) is 3.71.